The van der Waals surface area contributed by atoms with E-state index in [0.29, 0.717) is 13.1 Å². The average molecular weight is 330 g/mol. The molecule has 2 fully saturated rings. The normalized spacial score (nSPS) is 21.8. The lowest BCUT2D eigenvalue weighted by molar-refractivity contribution is -0.126. The standard InChI is InChI=1S/C18H26N4O2/c23-16-11-15(13-20-16)18(24)21-12-14-7-6-8-19-17(14)22-9-4-2-1-3-5-10-22/h6-8,15H,1-5,9-13H2,(H,20,23)(H,21,24)/t15-/m0/s1. The summed E-state index contributed by atoms with van der Waals surface area (Å²) < 4.78 is 0. The van der Waals surface area contributed by atoms with Crippen molar-refractivity contribution in [2.75, 3.05) is 24.5 Å². The Morgan fingerprint density at radius 3 is 2.71 bits per heavy atom. The fraction of sp³-hybridized carbons (Fsp3) is 0.611. The van der Waals surface area contributed by atoms with Crippen LogP contribution in [0.1, 0.15) is 44.1 Å². The lowest BCUT2D eigenvalue weighted by atomic mass is 10.1. The van der Waals surface area contributed by atoms with Crippen molar-refractivity contribution in [3.05, 3.63) is 23.9 Å². The quantitative estimate of drug-likeness (QED) is 0.879. The Kier molecular flexibility index (Phi) is 5.67. The highest BCUT2D eigenvalue weighted by molar-refractivity contribution is 5.89. The summed E-state index contributed by atoms with van der Waals surface area (Å²) in [5.41, 5.74) is 1.05. The van der Waals surface area contributed by atoms with Crippen molar-refractivity contribution in [1.29, 1.82) is 0 Å². The third-order valence-corrected chi connectivity index (χ3v) is 4.82. The second-order valence-corrected chi connectivity index (χ2v) is 6.66. The minimum absolute atomic E-state index is 0.0437. The van der Waals surface area contributed by atoms with Crippen molar-refractivity contribution < 1.29 is 9.59 Å². The molecule has 1 aromatic heterocycles. The summed E-state index contributed by atoms with van der Waals surface area (Å²) in [4.78, 5) is 30.4. The maximum absolute atomic E-state index is 12.2. The molecule has 2 aliphatic rings. The molecule has 2 saturated heterocycles. The van der Waals surface area contributed by atoms with Crippen LogP contribution in [0.2, 0.25) is 0 Å². The molecule has 130 valence electrons. The van der Waals surface area contributed by atoms with Crippen LogP contribution in [0.5, 0.6) is 0 Å². The van der Waals surface area contributed by atoms with E-state index in [1.165, 1.54) is 32.1 Å². The highest BCUT2D eigenvalue weighted by Gasteiger charge is 2.27. The number of amides is 2. The average Bonchev–Trinajstić information content (AvgIpc) is 2.99. The number of pyridine rings is 1. The summed E-state index contributed by atoms with van der Waals surface area (Å²) in [5.74, 6) is 0.633. The Balaban J connectivity index is 1.63. The van der Waals surface area contributed by atoms with Gasteiger partial charge in [0.25, 0.3) is 0 Å². The Bertz CT molecular complexity index is 582. The van der Waals surface area contributed by atoms with Gasteiger partial charge in [-0.25, -0.2) is 4.98 Å². The number of rotatable bonds is 4. The van der Waals surface area contributed by atoms with Gasteiger partial charge in [0.1, 0.15) is 5.82 Å². The van der Waals surface area contributed by atoms with Crippen LogP contribution in [-0.4, -0.2) is 36.4 Å². The number of carbonyl (C=O) groups excluding carboxylic acids is 2. The maximum Gasteiger partial charge on any atom is 0.225 e. The highest BCUT2D eigenvalue weighted by Crippen LogP contribution is 2.21. The van der Waals surface area contributed by atoms with Gasteiger partial charge in [0.2, 0.25) is 11.8 Å². The van der Waals surface area contributed by atoms with E-state index < -0.39 is 0 Å². The fourth-order valence-electron chi connectivity index (χ4n) is 3.43. The molecule has 3 heterocycles. The lowest BCUT2D eigenvalue weighted by Crippen LogP contribution is -2.33. The molecule has 1 atom stereocenters. The van der Waals surface area contributed by atoms with Gasteiger partial charge >= 0.3 is 0 Å². The molecular weight excluding hydrogens is 304 g/mol. The van der Waals surface area contributed by atoms with Crippen molar-refractivity contribution in [2.45, 2.75) is 45.1 Å². The minimum atomic E-state index is -0.251. The van der Waals surface area contributed by atoms with E-state index in [1.54, 1.807) is 0 Å². The van der Waals surface area contributed by atoms with Gasteiger partial charge in [0, 0.05) is 44.4 Å². The number of nitrogens with one attached hydrogen (secondary N) is 2. The van der Waals surface area contributed by atoms with Crippen LogP contribution in [0.15, 0.2) is 18.3 Å². The molecule has 6 nitrogen and oxygen atoms in total. The van der Waals surface area contributed by atoms with Crippen molar-refractivity contribution in [3.63, 3.8) is 0 Å². The van der Waals surface area contributed by atoms with Gasteiger partial charge in [-0.3, -0.25) is 9.59 Å². The second-order valence-electron chi connectivity index (χ2n) is 6.66. The van der Waals surface area contributed by atoms with Crippen LogP contribution >= 0.6 is 0 Å². The van der Waals surface area contributed by atoms with E-state index in [4.69, 9.17) is 0 Å². The van der Waals surface area contributed by atoms with Crippen LogP contribution in [0, 0.1) is 5.92 Å². The van der Waals surface area contributed by atoms with Crippen molar-refractivity contribution in [1.82, 2.24) is 15.6 Å². The Labute approximate surface area is 143 Å². The van der Waals surface area contributed by atoms with Crippen molar-refractivity contribution >= 4 is 17.6 Å². The summed E-state index contributed by atoms with van der Waals surface area (Å²) in [6, 6.07) is 3.94. The van der Waals surface area contributed by atoms with Crippen molar-refractivity contribution in [2.24, 2.45) is 5.92 Å². The van der Waals surface area contributed by atoms with Crippen LogP contribution in [0.25, 0.3) is 0 Å². The van der Waals surface area contributed by atoms with Gasteiger partial charge in [-0.2, -0.15) is 0 Å². The molecule has 2 aliphatic heterocycles. The van der Waals surface area contributed by atoms with E-state index >= 15 is 0 Å². The molecule has 0 unspecified atom stereocenters. The molecule has 0 radical (unpaired) electrons. The molecule has 0 aromatic carbocycles. The van der Waals surface area contributed by atoms with Gasteiger partial charge in [0.15, 0.2) is 0 Å². The third kappa shape index (κ3) is 4.24. The number of hydrogen-bond acceptors (Lipinski definition) is 4. The van der Waals surface area contributed by atoms with Crippen LogP contribution in [-0.2, 0) is 16.1 Å². The summed E-state index contributed by atoms with van der Waals surface area (Å²) in [6.45, 7) is 2.96. The molecule has 24 heavy (non-hydrogen) atoms. The summed E-state index contributed by atoms with van der Waals surface area (Å²) >= 11 is 0. The lowest BCUT2D eigenvalue weighted by Gasteiger charge is -2.27. The zero-order chi connectivity index (χ0) is 16.8. The first-order valence-corrected chi connectivity index (χ1v) is 8.97. The van der Waals surface area contributed by atoms with Gasteiger partial charge < -0.3 is 15.5 Å². The Morgan fingerprint density at radius 1 is 1.25 bits per heavy atom. The van der Waals surface area contributed by atoms with E-state index in [2.05, 4.69) is 20.5 Å². The predicted octanol–water partition coefficient (Wildman–Crippen LogP) is 1.60. The van der Waals surface area contributed by atoms with E-state index in [-0.39, 0.29) is 24.2 Å². The monoisotopic (exact) mass is 330 g/mol. The highest BCUT2D eigenvalue weighted by atomic mass is 16.2. The van der Waals surface area contributed by atoms with Crippen LogP contribution < -0.4 is 15.5 Å². The van der Waals surface area contributed by atoms with Gasteiger partial charge in [-0.05, 0) is 18.9 Å². The Morgan fingerprint density at radius 2 is 2.00 bits per heavy atom. The first-order chi connectivity index (χ1) is 11.7. The number of aromatic nitrogens is 1. The fourth-order valence-corrected chi connectivity index (χ4v) is 3.43. The minimum Gasteiger partial charge on any atom is -0.356 e. The first kappa shape index (κ1) is 16.7. The zero-order valence-electron chi connectivity index (χ0n) is 14.1. The van der Waals surface area contributed by atoms with Crippen LogP contribution in [0.3, 0.4) is 0 Å². The number of carbonyl (C=O) groups is 2. The molecule has 2 amide bonds. The predicted molar refractivity (Wildman–Crippen MR) is 92.5 cm³/mol. The Hall–Kier alpha value is -2.11. The van der Waals surface area contributed by atoms with Gasteiger partial charge in [-0.1, -0.05) is 25.3 Å². The van der Waals surface area contributed by atoms with Gasteiger partial charge in [-0.15, -0.1) is 0 Å². The maximum atomic E-state index is 12.2. The SMILES string of the molecule is O=C1C[C@H](C(=O)NCc2cccnc2N2CCCCCCC2)CN1. The molecule has 0 spiro atoms. The zero-order valence-corrected chi connectivity index (χ0v) is 14.1. The van der Waals surface area contributed by atoms with Gasteiger partial charge in [0.05, 0.1) is 5.92 Å². The van der Waals surface area contributed by atoms with E-state index in [1.807, 2.05) is 18.3 Å². The smallest absolute Gasteiger partial charge is 0.225 e. The number of nitrogens with zero attached hydrogens (tertiary/aromatic N) is 2. The molecule has 0 bridgehead atoms. The van der Waals surface area contributed by atoms with Crippen LogP contribution in [0.4, 0.5) is 5.82 Å². The largest absolute Gasteiger partial charge is 0.356 e. The summed E-state index contributed by atoms with van der Waals surface area (Å²) in [5, 5.41) is 5.68. The third-order valence-electron chi connectivity index (χ3n) is 4.82. The molecule has 2 N–H and O–H groups in total. The topological polar surface area (TPSA) is 74.3 Å². The van der Waals surface area contributed by atoms with E-state index in [0.717, 1.165) is 24.5 Å². The summed E-state index contributed by atoms with van der Waals surface area (Å²) in [6.07, 6.45) is 8.37. The molecule has 6 heteroatoms. The van der Waals surface area contributed by atoms with E-state index in [9.17, 15) is 9.59 Å². The molecular formula is C18H26N4O2. The second kappa shape index (κ2) is 8.13. The molecule has 1 aromatic rings. The molecule has 3 rings (SSSR count). The first-order valence-electron chi connectivity index (χ1n) is 8.97. The summed E-state index contributed by atoms with van der Waals surface area (Å²) in [7, 11) is 0. The number of hydrogen-bond donors (Lipinski definition) is 2. The molecule has 0 aliphatic carbocycles. The molecule has 0 saturated carbocycles. The van der Waals surface area contributed by atoms with Crippen molar-refractivity contribution in [3.8, 4) is 0 Å². The number of anilines is 1.